The number of fused-ring (bicyclic) bond motifs is 1. The van der Waals surface area contributed by atoms with Gasteiger partial charge < -0.3 is 20.3 Å². The first kappa shape index (κ1) is 16.8. The van der Waals surface area contributed by atoms with Crippen LogP contribution in [0.15, 0.2) is 29.1 Å². The molecule has 2 fully saturated rings. The van der Waals surface area contributed by atoms with E-state index in [4.69, 9.17) is 0 Å². The number of likely N-dealkylation sites (tertiary alicyclic amines) is 1. The van der Waals surface area contributed by atoms with E-state index in [0.29, 0.717) is 0 Å². The number of H-pyrrole nitrogens is 1. The summed E-state index contributed by atoms with van der Waals surface area (Å²) >= 11 is 0. The minimum atomic E-state index is -0.562. The number of nitrogens with one attached hydrogen (secondary N) is 2. The van der Waals surface area contributed by atoms with E-state index in [9.17, 15) is 9.90 Å². The molecule has 0 aliphatic carbocycles. The fourth-order valence-electron chi connectivity index (χ4n) is 4.46. The molecule has 6 heteroatoms. The van der Waals surface area contributed by atoms with Gasteiger partial charge >= 0.3 is 5.69 Å². The van der Waals surface area contributed by atoms with Gasteiger partial charge in [-0.1, -0.05) is 12.1 Å². The van der Waals surface area contributed by atoms with Crippen molar-refractivity contribution in [1.29, 1.82) is 0 Å². The second-order valence-electron chi connectivity index (χ2n) is 7.65. The first-order valence-electron chi connectivity index (χ1n) is 9.49. The number of imidazole rings is 1. The van der Waals surface area contributed by atoms with Gasteiger partial charge in [-0.05, 0) is 57.3 Å². The molecule has 1 aromatic heterocycles. The van der Waals surface area contributed by atoms with Crippen molar-refractivity contribution < 1.29 is 5.11 Å². The van der Waals surface area contributed by atoms with Gasteiger partial charge in [0.15, 0.2) is 0 Å². The van der Waals surface area contributed by atoms with Crippen LogP contribution in [-0.4, -0.2) is 57.9 Å². The predicted molar refractivity (Wildman–Crippen MR) is 98.9 cm³/mol. The number of aromatic amines is 1. The zero-order chi connectivity index (χ0) is 17.3. The largest absolute Gasteiger partial charge is 0.389 e. The van der Waals surface area contributed by atoms with Crippen LogP contribution < -0.4 is 11.0 Å². The van der Waals surface area contributed by atoms with Crippen LogP contribution in [0.4, 0.5) is 0 Å². The Labute approximate surface area is 147 Å². The van der Waals surface area contributed by atoms with E-state index in [1.54, 1.807) is 0 Å². The van der Waals surface area contributed by atoms with Crippen molar-refractivity contribution in [2.24, 2.45) is 0 Å². The molecule has 1 atom stereocenters. The number of piperidine rings is 1. The molecule has 2 aliphatic rings. The summed E-state index contributed by atoms with van der Waals surface area (Å²) in [5.74, 6) is 0. The molecule has 0 spiro atoms. The average molecular weight is 344 g/mol. The Bertz CT molecular complexity index is 765. The van der Waals surface area contributed by atoms with Crippen molar-refractivity contribution in [3.05, 3.63) is 34.7 Å². The smallest absolute Gasteiger partial charge is 0.326 e. The lowest BCUT2D eigenvalue weighted by Crippen LogP contribution is -2.47. The second-order valence-corrected chi connectivity index (χ2v) is 7.65. The van der Waals surface area contributed by atoms with Gasteiger partial charge in [-0.15, -0.1) is 0 Å². The molecule has 2 aromatic rings. The van der Waals surface area contributed by atoms with Crippen LogP contribution in [0.5, 0.6) is 0 Å². The quantitative estimate of drug-likeness (QED) is 0.788. The Hall–Kier alpha value is -1.63. The first-order chi connectivity index (χ1) is 12.1. The number of aromatic nitrogens is 2. The van der Waals surface area contributed by atoms with E-state index < -0.39 is 5.60 Å². The minimum Gasteiger partial charge on any atom is -0.389 e. The highest BCUT2D eigenvalue weighted by atomic mass is 16.3. The van der Waals surface area contributed by atoms with Crippen LogP contribution in [0.2, 0.25) is 0 Å². The Morgan fingerprint density at radius 2 is 1.96 bits per heavy atom. The molecular weight excluding hydrogens is 316 g/mol. The maximum Gasteiger partial charge on any atom is 0.326 e. The van der Waals surface area contributed by atoms with Crippen molar-refractivity contribution in [3.8, 4) is 0 Å². The molecule has 3 N–H and O–H groups in total. The highest BCUT2D eigenvalue weighted by Gasteiger charge is 2.32. The molecule has 1 aromatic carbocycles. The lowest BCUT2D eigenvalue weighted by molar-refractivity contribution is -0.0141. The third-order valence-corrected chi connectivity index (χ3v) is 5.83. The van der Waals surface area contributed by atoms with Crippen LogP contribution in [-0.2, 0) is 0 Å². The topological polar surface area (TPSA) is 73.3 Å². The fourth-order valence-corrected chi connectivity index (χ4v) is 4.46. The monoisotopic (exact) mass is 344 g/mol. The number of rotatable bonds is 3. The van der Waals surface area contributed by atoms with Gasteiger partial charge in [0.05, 0.1) is 16.6 Å². The summed E-state index contributed by atoms with van der Waals surface area (Å²) in [6, 6.07) is 8.15. The normalized spacial score (nSPS) is 26.8. The van der Waals surface area contributed by atoms with Crippen LogP contribution in [0.1, 0.15) is 38.1 Å². The minimum absolute atomic E-state index is 0.00637. The molecule has 6 nitrogen and oxygen atoms in total. The van der Waals surface area contributed by atoms with Gasteiger partial charge in [0.25, 0.3) is 0 Å². The van der Waals surface area contributed by atoms with E-state index in [0.717, 1.165) is 75.9 Å². The van der Waals surface area contributed by atoms with E-state index >= 15 is 0 Å². The van der Waals surface area contributed by atoms with Gasteiger partial charge in [0, 0.05) is 25.7 Å². The molecule has 136 valence electrons. The maximum absolute atomic E-state index is 12.4. The molecule has 0 radical (unpaired) electrons. The molecule has 25 heavy (non-hydrogen) atoms. The number of hydrogen-bond acceptors (Lipinski definition) is 4. The molecule has 0 bridgehead atoms. The Morgan fingerprint density at radius 3 is 2.80 bits per heavy atom. The number of hydrogen-bond donors (Lipinski definition) is 3. The summed E-state index contributed by atoms with van der Waals surface area (Å²) in [6.45, 7) is 4.54. The zero-order valence-corrected chi connectivity index (χ0v) is 14.7. The average Bonchev–Trinajstić information content (AvgIpc) is 2.79. The Morgan fingerprint density at radius 1 is 1.16 bits per heavy atom. The zero-order valence-electron chi connectivity index (χ0n) is 14.7. The van der Waals surface area contributed by atoms with Crippen LogP contribution in [0.3, 0.4) is 0 Å². The van der Waals surface area contributed by atoms with Crippen molar-refractivity contribution in [2.75, 3.05) is 32.7 Å². The fraction of sp³-hybridized carbons (Fsp3) is 0.632. The summed E-state index contributed by atoms with van der Waals surface area (Å²) in [7, 11) is 0. The van der Waals surface area contributed by atoms with E-state index in [1.807, 2.05) is 28.8 Å². The third kappa shape index (κ3) is 3.52. The standard InChI is InChI=1S/C19H28N4O2/c24-18-21-16-4-1-2-5-17(16)23(18)15-6-12-22(13-7-15)14-19(25)8-3-10-20-11-9-19/h1-2,4-5,15,20,25H,3,6-14H2,(H,21,24). The van der Waals surface area contributed by atoms with E-state index in [-0.39, 0.29) is 11.7 Å². The lowest BCUT2D eigenvalue weighted by atomic mass is 9.93. The molecule has 4 rings (SSSR count). The second kappa shape index (κ2) is 6.94. The number of benzene rings is 1. The van der Waals surface area contributed by atoms with Gasteiger partial charge in [-0.2, -0.15) is 0 Å². The summed E-state index contributed by atoms with van der Waals surface area (Å²) in [6.07, 6.45) is 4.65. The Balaban J connectivity index is 1.43. The highest BCUT2D eigenvalue weighted by Crippen LogP contribution is 2.27. The lowest BCUT2D eigenvalue weighted by Gasteiger charge is -2.38. The summed E-state index contributed by atoms with van der Waals surface area (Å²) in [5.41, 5.74) is 1.34. The number of nitrogens with zero attached hydrogens (tertiary/aromatic N) is 2. The Kier molecular flexibility index (Phi) is 4.67. The van der Waals surface area contributed by atoms with Crippen molar-refractivity contribution in [2.45, 2.75) is 43.7 Å². The molecule has 0 saturated carbocycles. The summed E-state index contributed by atoms with van der Waals surface area (Å²) < 4.78 is 1.93. The molecule has 2 saturated heterocycles. The highest BCUT2D eigenvalue weighted by molar-refractivity contribution is 5.75. The molecule has 3 heterocycles. The summed E-state index contributed by atoms with van der Waals surface area (Å²) in [4.78, 5) is 17.7. The number of β-amino-alcohol motifs (C(OH)–C–C–N with tert-alkyl or cyclic N) is 1. The third-order valence-electron chi connectivity index (χ3n) is 5.83. The number of aliphatic hydroxyl groups is 1. The number of para-hydroxylation sites is 2. The first-order valence-corrected chi connectivity index (χ1v) is 9.49. The van der Waals surface area contributed by atoms with Crippen molar-refractivity contribution in [3.63, 3.8) is 0 Å². The van der Waals surface area contributed by atoms with Gasteiger partial charge in [0.2, 0.25) is 0 Å². The van der Waals surface area contributed by atoms with E-state index in [1.165, 1.54) is 0 Å². The van der Waals surface area contributed by atoms with Crippen molar-refractivity contribution in [1.82, 2.24) is 19.8 Å². The SMILES string of the molecule is O=c1[nH]c2ccccc2n1C1CCN(CC2(O)CCCNCC2)CC1. The van der Waals surface area contributed by atoms with E-state index in [2.05, 4.69) is 15.2 Å². The van der Waals surface area contributed by atoms with Gasteiger partial charge in [-0.25, -0.2) is 4.79 Å². The van der Waals surface area contributed by atoms with Crippen LogP contribution in [0, 0.1) is 0 Å². The summed E-state index contributed by atoms with van der Waals surface area (Å²) in [5, 5.41) is 14.3. The molecule has 0 amide bonds. The molecular formula is C19H28N4O2. The molecule has 1 unspecified atom stereocenters. The van der Waals surface area contributed by atoms with Crippen LogP contribution >= 0.6 is 0 Å². The maximum atomic E-state index is 12.4. The van der Waals surface area contributed by atoms with Gasteiger partial charge in [0.1, 0.15) is 0 Å². The van der Waals surface area contributed by atoms with Crippen LogP contribution in [0.25, 0.3) is 11.0 Å². The van der Waals surface area contributed by atoms with Crippen molar-refractivity contribution >= 4 is 11.0 Å². The van der Waals surface area contributed by atoms with Gasteiger partial charge in [-0.3, -0.25) is 4.57 Å². The molecule has 2 aliphatic heterocycles. The predicted octanol–water partition coefficient (Wildman–Crippen LogP) is 1.47.